The topological polar surface area (TPSA) is 58.6 Å². The number of ether oxygens (including phenoxy) is 1. The summed E-state index contributed by atoms with van der Waals surface area (Å²) in [5.41, 5.74) is 4.82. The average Bonchev–Trinajstić information content (AvgIpc) is 2.78. The summed E-state index contributed by atoms with van der Waals surface area (Å²) in [6.45, 7) is 1.80. The lowest BCUT2D eigenvalue weighted by Gasteiger charge is -2.37. The van der Waals surface area contributed by atoms with Crippen molar-refractivity contribution >= 4 is 29.0 Å². The lowest BCUT2D eigenvalue weighted by Crippen LogP contribution is -2.36. The number of hydrogen-bond acceptors (Lipinski definition) is 5. The van der Waals surface area contributed by atoms with E-state index in [9.17, 15) is 14.0 Å². The van der Waals surface area contributed by atoms with Gasteiger partial charge in [-0.05, 0) is 54.7 Å². The highest BCUT2D eigenvalue weighted by Gasteiger charge is 2.42. The van der Waals surface area contributed by atoms with Crippen molar-refractivity contribution < 1.29 is 18.7 Å². The Morgan fingerprint density at radius 1 is 1.15 bits per heavy atom. The van der Waals surface area contributed by atoms with Crippen LogP contribution in [-0.2, 0) is 14.3 Å². The Morgan fingerprint density at radius 2 is 1.85 bits per heavy atom. The molecule has 1 N–H and O–H groups in total. The highest BCUT2D eigenvalue weighted by molar-refractivity contribution is 6.32. The number of anilines is 1. The smallest absolute Gasteiger partial charge is 0.336 e. The first-order valence-electron chi connectivity index (χ1n) is 10.8. The van der Waals surface area contributed by atoms with E-state index in [0.717, 1.165) is 16.9 Å². The van der Waals surface area contributed by atoms with Gasteiger partial charge in [-0.3, -0.25) is 4.79 Å². The predicted octanol–water partition coefficient (Wildman–Crippen LogP) is 5.08. The van der Waals surface area contributed by atoms with Crippen molar-refractivity contribution in [2.75, 3.05) is 26.1 Å². The number of rotatable bonds is 4. The number of hydrogen-bond donors (Lipinski definition) is 1. The molecule has 1 aliphatic heterocycles. The minimum Gasteiger partial charge on any atom is -0.466 e. The Labute approximate surface area is 197 Å². The van der Waals surface area contributed by atoms with E-state index in [0.29, 0.717) is 33.9 Å². The number of methoxy groups -OCH3 is 1. The molecule has 0 bridgehead atoms. The third-order valence-corrected chi connectivity index (χ3v) is 6.71. The van der Waals surface area contributed by atoms with E-state index in [2.05, 4.69) is 5.32 Å². The molecule has 33 heavy (non-hydrogen) atoms. The molecule has 7 heteroatoms. The molecule has 0 fully saturated rings. The summed E-state index contributed by atoms with van der Waals surface area (Å²) in [7, 11) is 5.16. The van der Waals surface area contributed by atoms with E-state index >= 15 is 0 Å². The van der Waals surface area contributed by atoms with Gasteiger partial charge in [0, 0.05) is 54.1 Å². The van der Waals surface area contributed by atoms with Crippen LogP contribution in [0.3, 0.4) is 0 Å². The molecule has 172 valence electrons. The van der Waals surface area contributed by atoms with Gasteiger partial charge >= 0.3 is 5.97 Å². The summed E-state index contributed by atoms with van der Waals surface area (Å²) in [5, 5.41) is 3.76. The van der Waals surface area contributed by atoms with Crippen molar-refractivity contribution in [1.29, 1.82) is 0 Å². The predicted molar refractivity (Wildman–Crippen MR) is 127 cm³/mol. The van der Waals surface area contributed by atoms with Gasteiger partial charge < -0.3 is 15.0 Å². The van der Waals surface area contributed by atoms with Gasteiger partial charge in [-0.15, -0.1) is 0 Å². The molecule has 5 nitrogen and oxygen atoms in total. The minimum absolute atomic E-state index is 0.0651. The zero-order chi connectivity index (χ0) is 23.9. The number of carbonyl (C=O) groups is 2. The number of halogens is 2. The van der Waals surface area contributed by atoms with Gasteiger partial charge in [-0.1, -0.05) is 29.8 Å². The van der Waals surface area contributed by atoms with Crippen LogP contribution in [0, 0.1) is 5.82 Å². The third-order valence-electron chi connectivity index (χ3n) is 6.39. The van der Waals surface area contributed by atoms with Crippen molar-refractivity contribution in [3.05, 3.63) is 87.0 Å². The number of benzene rings is 2. The Kier molecular flexibility index (Phi) is 6.30. The Morgan fingerprint density at radius 3 is 2.45 bits per heavy atom. The second-order valence-electron chi connectivity index (χ2n) is 8.66. The fraction of sp³-hybridized carbons (Fsp3) is 0.308. The van der Waals surface area contributed by atoms with Gasteiger partial charge in [0.15, 0.2) is 5.78 Å². The van der Waals surface area contributed by atoms with Gasteiger partial charge in [0.25, 0.3) is 0 Å². The molecule has 2 aliphatic rings. The normalized spacial score (nSPS) is 20.4. The maximum atomic E-state index is 13.5. The van der Waals surface area contributed by atoms with Crippen LogP contribution in [0.1, 0.15) is 42.7 Å². The number of allylic oxidation sites excluding steroid dienone is 3. The molecular weight excluding hydrogens is 443 g/mol. The first kappa shape index (κ1) is 23.1. The SMILES string of the molecule is COC(=O)C1=C(C)NC2=C(C(=O)C[C@@H](c3ccc(F)cc3)C2)[C@H]1c1ccc(N(C)C)cc1Cl. The monoisotopic (exact) mass is 468 g/mol. The third kappa shape index (κ3) is 4.27. The highest BCUT2D eigenvalue weighted by atomic mass is 35.5. The molecule has 0 amide bonds. The van der Waals surface area contributed by atoms with Crippen molar-refractivity contribution in [3.63, 3.8) is 0 Å². The van der Waals surface area contributed by atoms with E-state index in [1.54, 1.807) is 19.1 Å². The molecule has 0 aromatic heterocycles. The highest BCUT2D eigenvalue weighted by Crippen LogP contribution is 2.47. The second kappa shape index (κ2) is 9.02. The standard InChI is InChI=1S/C26H26ClFN2O3/c1-14-23(26(32)33-4)24(19-10-9-18(30(2)3)13-20(19)27)25-21(29-14)11-16(12-22(25)31)15-5-7-17(28)8-6-15/h5-10,13,16,24,29H,11-12H2,1-4H3/t16-,24-/m0/s1. The molecule has 2 atom stereocenters. The van der Waals surface area contributed by atoms with Gasteiger partial charge in [0.1, 0.15) is 5.82 Å². The van der Waals surface area contributed by atoms with Crippen molar-refractivity contribution in [3.8, 4) is 0 Å². The number of ketones is 1. The zero-order valence-corrected chi connectivity index (χ0v) is 19.8. The van der Waals surface area contributed by atoms with E-state index in [1.807, 2.05) is 37.2 Å². The molecule has 1 aliphatic carbocycles. The number of nitrogens with zero attached hydrogens (tertiary/aromatic N) is 1. The molecule has 2 aromatic rings. The molecule has 2 aromatic carbocycles. The van der Waals surface area contributed by atoms with E-state index in [1.165, 1.54) is 19.2 Å². The quantitative estimate of drug-likeness (QED) is 0.634. The largest absolute Gasteiger partial charge is 0.466 e. The van der Waals surface area contributed by atoms with Crippen LogP contribution in [0.2, 0.25) is 5.02 Å². The van der Waals surface area contributed by atoms with Crippen LogP contribution < -0.4 is 10.2 Å². The fourth-order valence-corrected chi connectivity index (χ4v) is 5.01. The summed E-state index contributed by atoms with van der Waals surface area (Å²) in [6.07, 6.45) is 0.839. The number of carbonyl (C=O) groups excluding carboxylic acids is 2. The number of dihydropyridines is 1. The van der Waals surface area contributed by atoms with Crippen molar-refractivity contribution in [2.45, 2.75) is 31.6 Å². The van der Waals surface area contributed by atoms with Crippen LogP contribution in [0.15, 0.2) is 65.0 Å². The van der Waals surface area contributed by atoms with Crippen LogP contribution in [0.25, 0.3) is 0 Å². The van der Waals surface area contributed by atoms with Crippen LogP contribution in [0.5, 0.6) is 0 Å². The maximum absolute atomic E-state index is 13.5. The molecular formula is C26H26ClFN2O3. The number of esters is 1. The molecule has 0 spiro atoms. The van der Waals surface area contributed by atoms with Crippen LogP contribution >= 0.6 is 11.6 Å². The average molecular weight is 469 g/mol. The first-order chi connectivity index (χ1) is 15.7. The van der Waals surface area contributed by atoms with E-state index < -0.39 is 11.9 Å². The molecule has 4 rings (SSSR count). The first-order valence-corrected chi connectivity index (χ1v) is 11.1. The molecule has 0 saturated carbocycles. The fourth-order valence-electron chi connectivity index (χ4n) is 4.73. The van der Waals surface area contributed by atoms with E-state index in [-0.39, 0.29) is 23.9 Å². The number of Topliss-reactive ketones (excluding diaryl/α,β-unsaturated/α-hetero) is 1. The molecule has 0 saturated heterocycles. The Balaban J connectivity index is 1.82. The Bertz CT molecular complexity index is 1180. The lowest BCUT2D eigenvalue weighted by molar-refractivity contribution is -0.136. The van der Waals surface area contributed by atoms with Crippen LogP contribution in [0.4, 0.5) is 10.1 Å². The zero-order valence-electron chi connectivity index (χ0n) is 19.0. The van der Waals surface area contributed by atoms with Gasteiger partial charge in [-0.2, -0.15) is 0 Å². The van der Waals surface area contributed by atoms with E-state index in [4.69, 9.17) is 16.3 Å². The molecule has 0 unspecified atom stereocenters. The summed E-state index contributed by atoms with van der Waals surface area (Å²) in [4.78, 5) is 28.3. The summed E-state index contributed by atoms with van der Waals surface area (Å²) in [5.74, 6) is -1.58. The van der Waals surface area contributed by atoms with Crippen molar-refractivity contribution in [1.82, 2.24) is 5.32 Å². The molecule has 1 heterocycles. The maximum Gasteiger partial charge on any atom is 0.336 e. The molecule has 0 radical (unpaired) electrons. The summed E-state index contributed by atoms with van der Waals surface area (Å²) < 4.78 is 18.5. The Hall–Kier alpha value is -3.12. The second-order valence-corrected chi connectivity index (χ2v) is 9.07. The van der Waals surface area contributed by atoms with Gasteiger partial charge in [0.05, 0.1) is 12.7 Å². The summed E-state index contributed by atoms with van der Waals surface area (Å²) in [6, 6.07) is 11.9. The minimum atomic E-state index is -0.626. The van der Waals surface area contributed by atoms with Crippen molar-refractivity contribution in [2.24, 2.45) is 0 Å². The number of nitrogens with one attached hydrogen (secondary N) is 1. The summed E-state index contributed by atoms with van der Waals surface area (Å²) >= 11 is 6.69. The van der Waals surface area contributed by atoms with Crippen LogP contribution in [-0.4, -0.2) is 33.0 Å². The van der Waals surface area contributed by atoms with Gasteiger partial charge in [0.2, 0.25) is 0 Å². The van der Waals surface area contributed by atoms with Gasteiger partial charge in [-0.25, -0.2) is 9.18 Å². The lowest BCUT2D eigenvalue weighted by atomic mass is 9.71.